The molecule has 0 aromatic rings. The lowest BCUT2D eigenvalue weighted by molar-refractivity contribution is -0.120. The van der Waals surface area contributed by atoms with Crippen molar-refractivity contribution in [3.63, 3.8) is 0 Å². The highest BCUT2D eigenvalue weighted by Gasteiger charge is 2.17. The molecule has 0 atom stereocenters. The van der Waals surface area contributed by atoms with E-state index in [9.17, 15) is 9.59 Å². The van der Waals surface area contributed by atoms with Gasteiger partial charge >= 0.3 is 6.03 Å². The number of amides is 3. The van der Waals surface area contributed by atoms with Gasteiger partial charge in [-0.15, -0.1) is 0 Å². The summed E-state index contributed by atoms with van der Waals surface area (Å²) < 4.78 is 10.4. The van der Waals surface area contributed by atoms with Gasteiger partial charge in [-0.1, -0.05) is 0 Å². The lowest BCUT2D eigenvalue weighted by atomic mass is 10.4. The van der Waals surface area contributed by atoms with Gasteiger partial charge in [-0.3, -0.25) is 9.69 Å². The molecular weight excluding hydrogens is 276 g/mol. The molecule has 0 saturated carbocycles. The van der Waals surface area contributed by atoms with Crippen LogP contribution in [-0.4, -0.2) is 94.0 Å². The molecule has 8 nitrogen and oxygen atoms in total. The van der Waals surface area contributed by atoms with Crippen LogP contribution in [-0.2, 0) is 14.3 Å². The molecule has 2 fully saturated rings. The number of ether oxygens (including phenoxy) is 2. The molecule has 2 rings (SSSR count). The average molecular weight is 300 g/mol. The molecular formula is C13H24N4O4. The largest absolute Gasteiger partial charge is 0.379 e. The summed E-state index contributed by atoms with van der Waals surface area (Å²) in [6.07, 6.45) is 0. The van der Waals surface area contributed by atoms with Crippen LogP contribution >= 0.6 is 0 Å². The van der Waals surface area contributed by atoms with E-state index in [0.29, 0.717) is 32.8 Å². The number of urea groups is 1. The van der Waals surface area contributed by atoms with Crippen molar-refractivity contribution in [2.24, 2.45) is 0 Å². The van der Waals surface area contributed by atoms with Gasteiger partial charge < -0.3 is 25.0 Å². The first-order chi connectivity index (χ1) is 10.3. The summed E-state index contributed by atoms with van der Waals surface area (Å²) in [6, 6.07) is -0.207. The SMILES string of the molecule is O=C(CNC(=O)N1CCOCC1)NCCN1CCOCC1. The predicted molar refractivity (Wildman–Crippen MR) is 76.1 cm³/mol. The summed E-state index contributed by atoms with van der Waals surface area (Å²) in [5, 5.41) is 5.44. The van der Waals surface area contributed by atoms with E-state index in [-0.39, 0.29) is 18.5 Å². The number of morpholine rings is 2. The molecule has 0 radical (unpaired) electrons. The third-order valence-corrected chi connectivity index (χ3v) is 3.55. The van der Waals surface area contributed by atoms with E-state index >= 15 is 0 Å². The highest BCUT2D eigenvalue weighted by atomic mass is 16.5. The maximum absolute atomic E-state index is 11.8. The standard InChI is InChI=1S/C13H24N4O4/c18-12(14-1-2-16-3-7-20-8-4-16)11-15-13(19)17-5-9-21-10-6-17/h1-11H2,(H,14,18)(H,15,19). The molecule has 21 heavy (non-hydrogen) atoms. The Morgan fingerprint density at radius 2 is 1.52 bits per heavy atom. The fraction of sp³-hybridized carbons (Fsp3) is 0.846. The molecule has 0 aliphatic carbocycles. The zero-order valence-corrected chi connectivity index (χ0v) is 12.3. The molecule has 2 aliphatic heterocycles. The summed E-state index contributed by atoms with van der Waals surface area (Å²) in [6.45, 7) is 6.99. The number of hydrogen-bond donors (Lipinski definition) is 2. The Bertz CT molecular complexity index is 341. The van der Waals surface area contributed by atoms with Crippen LogP contribution < -0.4 is 10.6 Å². The Labute approximate surface area is 124 Å². The second kappa shape index (κ2) is 8.81. The van der Waals surface area contributed by atoms with Gasteiger partial charge in [0.25, 0.3) is 0 Å². The first-order valence-electron chi connectivity index (χ1n) is 7.43. The van der Waals surface area contributed by atoms with Crippen molar-refractivity contribution in [2.45, 2.75) is 0 Å². The van der Waals surface area contributed by atoms with Gasteiger partial charge in [0.15, 0.2) is 0 Å². The number of nitrogens with one attached hydrogen (secondary N) is 2. The van der Waals surface area contributed by atoms with E-state index in [1.54, 1.807) is 4.90 Å². The molecule has 2 heterocycles. The molecule has 0 aromatic heterocycles. The van der Waals surface area contributed by atoms with Crippen LogP contribution in [0.3, 0.4) is 0 Å². The summed E-state index contributed by atoms with van der Waals surface area (Å²) in [5.41, 5.74) is 0. The van der Waals surface area contributed by atoms with Crippen LogP contribution in [0.15, 0.2) is 0 Å². The minimum atomic E-state index is -0.207. The Hall–Kier alpha value is -1.38. The fourth-order valence-corrected chi connectivity index (χ4v) is 2.27. The van der Waals surface area contributed by atoms with Crippen molar-refractivity contribution >= 4 is 11.9 Å². The third-order valence-electron chi connectivity index (χ3n) is 3.55. The maximum Gasteiger partial charge on any atom is 0.317 e. The number of hydrogen-bond acceptors (Lipinski definition) is 5. The van der Waals surface area contributed by atoms with Crippen molar-refractivity contribution in [2.75, 3.05) is 72.2 Å². The smallest absolute Gasteiger partial charge is 0.317 e. The Balaban J connectivity index is 1.53. The number of carbonyl (C=O) groups is 2. The highest BCUT2D eigenvalue weighted by molar-refractivity contribution is 5.83. The summed E-state index contributed by atoms with van der Waals surface area (Å²) in [4.78, 5) is 27.3. The van der Waals surface area contributed by atoms with Gasteiger partial charge in [-0.2, -0.15) is 0 Å². The Morgan fingerprint density at radius 3 is 2.19 bits per heavy atom. The van der Waals surface area contributed by atoms with Crippen molar-refractivity contribution in [3.05, 3.63) is 0 Å². The van der Waals surface area contributed by atoms with Gasteiger partial charge in [0.1, 0.15) is 0 Å². The zero-order valence-electron chi connectivity index (χ0n) is 12.3. The monoisotopic (exact) mass is 300 g/mol. The van der Waals surface area contributed by atoms with Crippen LogP contribution in [0.4, 0.5) is 4.79 Å². The van der Waals surface area contributed by atoms with E-state index in [1.807, 2.05) is 0 Å². The normalized spacial score (nSPS) is 20.1. The van der Waals surface area contributed by atoms with E-state index in [1.165, 1.54) is 0 Å². The van der Waals surface area contributed by atoms with E-state index in [0.717, 1.165) is 32.8 Å². The van der Waals surface area contributed by atoms with Gasteiger partial charge in [0.05, 0.1) is 33.0 Å². The Kier molecular flexibility index (Phi) is 6.71. The molecule has 0 aromatic carbocycles. The van der Waals surface area contributed by atoms with Crippen molar-refractivity contribution in [1.29, 1.82) is 0 Å². The number of rotatable bonds is 5. The van der Waals surface area contributed by atoms with Crippen LogP contribution in [0.5, 0.6) is 0 Å². The number of nitrogens with zero attached hydrogens (tertiary/aromatic N) is 2. The molecule has 120 valence electrons. The highest BCUT2D eigenvalue weighted by Crippen LogP contribution is 1.96. The summed E-state index contributed by atoms with van der Waals surface area (Å²) >= 11 is 0. The molecule has 0 spiro atoms. The minimum absolute atomic E-state index is 0.0132. The van der Waals surface area contributed by atoms with Crippen LogP contribution in [0, 0.1) is 0 Å². The van der Waals surface area contributed by atoms with Gasteiger partial charge in [0.2, 0.25) is 5.91 Å². The molecule has 2 saturated heterocycles. The molecule has 3 amide bonds. The maximum atomic E-state index is 11.8. The first kappa shape index (κ1) is 16.0. The summed E-state index contributed by atoms with van der Waals surface area (Å²) in [7, 11) is 0. The second-order valence-corrected chi connectivity index (χ2v) is 5.06. The molecule has 0 unspecified atom stereocenters. The Morgan fingerprint density at radius 1 is 0.905 bits per heavy atom. The molecule has 0 bridgehead atoms. The molecule has 2 aliphatic rings. The quantitative estimate of drug-likeness (QED) is 0.644. The summed E-state index contributed by atoms with van der Waals surface area (Å²) in [5.74, 6) is -0.162. The van der Waals surface area contributed by atoms with E-state index < -0.39 is 0 Å². The third kappa shape index (κ3) is 5.86. The molecule has 8 heteroatoms. The zero-order chi connectivity index (χ0) is 14.9. The van der Waals surface area contributed by atoms with E-state index in [4.69, 9.17) is 9.47 Å². The lowest BCUT2D eigenvalue weighted by Gasteiger charge is -2.27. The van der Waals surface area contributed by atoms with E-state index in [2.05, 4.69) is 15.5 Å². The van der Waals surface area contributed by atoms with Crippen molar-refractivity contribution in [1.82, 2.24) is 20.4 Å². The predicted octanol–water partition coefficient (Wildman–Crippen LogP) is -1.52. The lowest BCUT2D eigenvalue weighted by Crippen LogP contribution is -2.49. The van der Waals surface area contributed by atoms with Crippen LogP contribution in [0.25, 0.3) is 0 Å². The average Bonchev–Trinajstić information content (AvgIpc) is 2.54. The van der Waals surface area contributed by atoms with Crippen LogP contribution in [0.2, 0.25) is 0 Å². The topological polar surface area (TPSA) is 83.1 Å². The second-order valence-electron chi connectivity index (χ2n) is 5.06. The fourth-order valence-electron chi connectivity index (χ4n) is 2.27. The first-order valence-corrected chi connectivity index (χ1v) is 7.43. The van der Waals surface area contributed by atoms with Crippen LogP contribution in [0.1, 0.15) is 0 Å². The molecule has 2 N–H and O–H groups in total. The van der Waals surface area contributed by atoms with Gasteiger partial charge in [-0.25, -0.2) is 4.79 Å². The number of carbonyl (C=O) groups excluding carboxylic acids is 2. The van der Waals surface area contributed by atoms with Gasteiger partial charge in [-0.05, 0) is 0 Å². The minimum Gasteiger partial charge on any atom is -0.379 e. The van der Waals surface area contributed by atoms with Crippen molar-refractivity contribution in [3.8, 4) is 0 Å². The van der Waals surface area contributed by atoms with Gasteiger partial charge in [0, 0.05) is 39.3 Å². The van der Waals surface area contributed by atoms with Crippen molar-refractivity contribution < 1.29 is 19.1 Å².